The Bertz CT molecular complexity index is 839. The lowest BCUT2D eigenvalue weighted by Crippen LogP contribution is -2.05. The molecule has 2 heterocycles. The summed E-state index contributed by atoms with van der Waals surface area (Å²) < 4.78 is 1.96. The molecule has 6 heteroatoms. The number of benzene rings is 1. The van der Waals surface area contributed by atoms with Gasteiger partial charge in [-0.25, -0.2) is 19.7 Å². The largest absolute Gasteiger partial charge is 0.478 e. The van der Waals surface area contributed by atoms with Crippen LogP contribution in [-0.2, 0) is 6.54 Å². The van der Waals surface area contributed by atoms with Gasteiger partial charge in [-0.1, -0.05) is 0 Å². The number of aromatic nitrogens is 4. The number of aryl methyl sites for hydroxylation is 2. The van der Waals surface area contributed by atoms with Crippen LogP contribution < -0.4 is 0 Å². The van der Waals surface area contributed by atoms with E-state index >= 15 is 0 Å². The van der Waals surface area contributed by atoms with Crippen molar-refractivity contribution in [1.82, 2.24) is 19.5 Å². The van der Waals surface area contributed by atoms with Crippen molar-refractivity contribution < 1.29 is 9.90 Å². The van der Waals surface area contributed by atoms with Crippen LogP contribution in [0.25, 0.3) is 11.0 Å². The Morgan fingerprint density at radius 3 is 2.76 bits per heavy atom. The van der Waals surface area contributed by atoms with E-state index in [1.807, 2.05) is 24.5 Å². The summed E-state index contributed by atoms with van der Waals surface area (Å²) >= 11 is 0. The minimum absolute atomic E-state index is 0.252. The summed E-state index contributed by atoms with van der Waals surface area (Å²) in [7, 11) is 0. The van der Waals surface area contributed by atoms with Crippen molar-refractivity contribution in [3.63, 3.8) is 0 Å². The van der Waals surface area contributed by atoms with Gasteiger partial charge in [0.1, 0.15) is 11.6 Å². The summed E-state index contributed by atoms with van der Waals surface area (Å²) in [6.07, 6.45) is 1.72. The number of carbonyl (C=O) groups is 1. The number of imidazole rings is 1. The van der Waals surface area contributed by atoms with Crippen molar-refractivity contribution >= 4 is 17.0 Å². The number of carboxylic acids is 1. The van der Waals surface area contributed by atoms with E-state index < -0.39 is 5.97 Å². The quantitative estimate of drug-likeness (QED) is 0.796. The SMILES string of the molecule is Cc1nccc(Cn2c(C)nc3ccc(C(=O)O)cc32)n1. The van der Waals surface area contributed by atoms with Crippen LogP contribution in [0.5, 0.6) is 0 Å². The van der Waals surface area contributed by atoms with Crippen molar-refractivity contribution in [2.45, 2.75) is 20.4 Å². The molecule has 2 aromatic heterocycles. The van der Waals surface area contributed by atoms with Gasteiger partial charge in [-0.15, -0.1) is 0 Å². The second kappa shape index (κ2) is 4.97. The molecule has 21 heavy (non-hydrogen) atoms. The average Bonchev–Trinajstić information content (AvgIpc) is 2.74. The molecular formula is C15H14N4O2. The lowest BCUT2D eigenvalue weighted by Gasteiger charge is -2.07. The molecule has 0 spiro atoms. The molecule has 3 aromatic rings. The zero-order chi connectivity index (χ0) is 15.0. The Hall–Kier alpha value is -2.76. The number of hydrogen-bond acceptors (Lipinski definition) is 4. The monoisotopic (exact) mass is 282 g/mol. The zero-order valence-corrected chi connectivity index (χ0v) is 11.7. The molecule has 6 nitrogen and oxygen atoms in total. The Morgan fingerprint density at radius 1 is 1.24 bits per heavy atom. The summed E-state index contributed by atoms with van der Waals surface area (Å²) in [6.45, 7) is 4.27. The number of carboxylic acid groups (broad SMARTS) is 1. The van der Waals surface area contributed by atoms with E-state index in [1.54, 1.807) is 24.4 Å². The van der Waals surface area contributed by atoms with Gasteiger partial charge in [0, 0.05) is 6.20 Å². The van der Waals surface area contributed by atoms with Crippen LogP contribution in [0.2, 0.25) is 0 Å². The van der Waals surface area contributed by atoms with Crippen LogP contribution in [0, 0.1) is 13.8 Å². The van der Waals surface area contributed by atoms with Crippen molar-refractivity contribution in [2.24, 2.45) is 0 Å². The Balaban J connectivity index is 2.10. The maximum Gasteiger partial charge on any atom is 0.335 e. The third-order valence-corrected chi connectivity index (χ3v) is 3.34. The smallest absolute Gasteiger partial charge is 0.335 e. The standard InChI is InChI=1S/C15H14N4O2/c1-9-16-6-5-12(17-9)8-19-10(2)18-13-4-3-11(15(20)21)7-14(13)19/h3-7H,8H2,1-2H3,(H,20,21). The van der Waals surface area contributed by atoms with Crippen LogP contribution in [0.4, 0.5) is 0 Å². The molecule has 0 aliphatic heterocycles. The molecule has 0 amide bonds. The third-order valence-electron chi connectivity index (χ3n) is 3.34. The molecule has 0 atom stereocenters. The van der Waals surface area contributed by atoms with Gasteiger partial charge in [0.25, 0.3) is 0 Å². The lowest BCUT2D eigenvalue weighted by atomic mass is 10.2. The highest BCUT2D eigenvalue weighted by atomic mass is 16.4. The van der Waals surface area contributed by atoms with Crippen molar-refractivity contribution in [3.8, 4) is 0 Å². The van der Waals surface area contributed by atoms with Gasteiger partial charge in [-0.05, 0) is 38.1 Å². The second-order valence-corrected chi connectivity index (χ2v) is 4.85. The van der Waals surface area contributed by atoms with E-state index in [4.69, 9.17) is 5.11 Å². The predicted molar refractivity (Wildman–Crippen MR) is 77.3 cm³/mol. The maximum absolute atomic E-state index is 11.1. The normalized spacial score (nSPS) is 11.0. The topological polar surface area (TPSA) is 80.9 Å². The molecule has 0 radical (unpaired) electrons. The van der Waals surface area contributed by atoms with E-state index in [0.717, 1.165) is 22.6 Å². The van der Waals surface area contributed by atoms with Gasteiger partial charge in [0.05, 0.1) is 28.8 Å². The fourth-order valence-corrected chi connectivity index (χ4v) is 2.33. The van der Waals surface area contributed by atoms with E-state index in [2.05, 4.69) is 15.0 Å². The van der Waals surface area contributed by atoms with E-state index in [9.17, 15) is 4.79 Å². The first kappa shape index (κ1) is 13.2. The van der Waals surface area contributed by atoms with Gasteiger partial charge < -0.3 is 9.67 Å². The second-order valence-electron chi connectivity index (χ2n) is 4.85. The molecule has 0 saturated heterocycles. The Morgan fingerprint density at radius 2 is 2.05 bits per heavy atom. The Labute approximate surface area is 121 Å². The number of nitrogens with zero attached hydrogens (tertiary/aromatic N) is 4. The summed E-state index contributed by atoms with van der Waals surface area (Å²) in [4.78, 5) is 24.0. The first-order chi connectivity index (χ1) is 10.0. The van der Waals surface area contributed by atoms with E-state index in [-0.39, 0.29) is 5.56 Å². The summed E-state index contributed by atoms with van der Waals surface area (Å²) in [5.74, 6) is 0.588. The fourth-order valence-electron chi connectivity index (χ4n) is 2.33. The fraction of sp³-hybridized carbons (Fsp3) is 0.200. The molecule has 0 aliphatic rings. The highest BCUT2D eigenvalue weighted by Crippen LogP contribution is 2.19. The highest BCUT2D eigenvalue weighted by molar-refractivity contribution is 5.92. The summed E-state index contributed by atoms with van der Waals surface area (Å²) in [6, 6.07) is 6.79. The van der Waals surface area contributed by atoms with Crippen LogP contribution in [0.1, 0.15) is 27.7 Å². The maximum atomic E-state index is 11.1. The molecule has 1 N–H and O–H groups in total. The van der Waals surface area contributed by atoms with Crippen LogP contribution >= 0.6 is 0 Å². The molecule has 0 bridgehead atoms. The molecule has 1 aromatic carbocycles. The zero-order valence-electron chi connectivity index (χ0n) is 11.7. The molecule has 0 aliphatic carbocycles. The minimum atomic E-state index is -0.944. The van der Waals surface area contributed by atoms with Crippen molar-refractivity contribution in [2.75, 3.05) is 0 Å². The molecule has 106 valence electrons. The third kappa shape index (κ3) is 2.47. The van der Waals surface area contributed by atoms with Crippen molar-refractivity contribution in [1.29, 1.82) is 0 Å². The van der Waals surface area contributed by atoms with Gasteiger partial charge in [0.2, 0.25) is 0 Å². The first-order valence-electron chi connectivity index (χ1n) is 6.53. The minimum Gasteiger partial charge on any atom is -0.478 e. The molecule has 0 saturated carbocycles. The number of rotatable bonds is 3. The molecule has 0 fully saturated rings. The number of fused-ring (bicyclic) bond motifs is 1. The van der Waals surface area contributed by atoms with Gasteiger partial charge in [0.15, 0.2) is 0 Å². The summed E-state index contributed by atoms with van der Waals surface area (Å²) in [5.41, 5.74) is 2.69. The van der Waals surface area contributed by atoms with Gasteiger partial charge in [-0.2, -0.15) is 0 Å². The molecular weight excluding hydrogens is 268 g/mol. The van der Waals surface area contributed by atoms with Crippen molar-refractivity contribution in [3.05, 3.63) is 53.4 Å². The molecule has 3 rings (SSSR count). The van der Waals surface area contributed by atoms with E-state index in [1.165, 1.54) is 0 Å². The summed E-state index contributed by atoms with van der Waals surface area (Å²) in [5, 5.41) is 9.12. The van der Waals surface area contributed by atoms with Crippen LogP contribution in [0.15, 0.2) is 30.5 Å². The number of aromatic carboxylic acids is 1. The highest BCUT2D eigenvalue weighted by Gasteiger charge is 2.11. The average molecular weight is 282 g/mol. The molecule has 0 unspecified atom stereocenters. The van der Waals surface area contributed by atoms with Gasteiger partial charge >= 0.3 is 5.97 Å². The first-order valence-corrected chi connectivity index (χ1v) is 6.53. The Kier molecular flexibility index (Phi) is 3.13. The van der Waals surface area contributed by atoms with Crippen LogP contribution in [0.3, 0.4) is 0 Å². The van der Waals surface area contributed by atoms with Gasteiger partial charge in [-0.3, -0.25) is 0 Å². The van der Waals surface area contributed by atoms with Crippen LogP contribution in [-0.4, -0.2) is 30.6 Å². The number of hydrogen-bond donors (Lipinski definition) is 1. The lowest BCUT2D eigenvalue weighted by molar-refractivity contribution is 0.0697. The van der Waals surface area contributed by atoms with E-state index in [0.29, 0.717) is 12.4 Å². The predicted octanol–water partition coefficient (Wildman–Crippen LogP) is 2.19.